The van der Waals surface area contributed by atoms with E-state index in [4.69, 9.17) is 0 Å². The van der Waals surface area contributed by atoms with E-state index in [0.29, 0.717) is 24.4 Å². The van der Waals surface area contributed by atoms with Crippen molar-refractivity contribution in [2.45, 2.75) is 72.4 Å². The average molecular weight is 229 g/mol. The topological polar surface area (TPSA) is 32.3 Å². The van der Waals surface area contributed by atoms with E-state index in [9.17, 15) is 5.11 Å². The molecule has 0 aliphatic rings. The summed E-state index contributed by atoms with van der Waals surface area (Å²) in [4.78, 5) is 0. The van der Waals surface area contributed by atoms with Gasteiger partial charge in [-0.05, 0) is 44.9 Å². The van der Waals surface area contributed by atoms with Crippen LogP contribution in [0.4, 0.5) is 0 Å². The van der Waals surface area contributed by atoms with E-state index < -0.39 is 5.60 Å². The number of hydrogen-bond acceptors (Lipinski definition) is 2. The molecule has 0 amide bonds. The van der Waals surface area contributed by atoms with E-state index in [1.165, 1.54) is 6.42 Å². The van der Waals surface area contributed by atoms with Crippen molar-refractivity contribution in [2.75, 3.05) is 6.54 Å². The predicted molar refractivity (Wildman–Crippen MR) is 71.6 cm³/mol. The van der Waals surface area contributed by atoms with Crippen LogP contribution in [0.15, 0.2) is 0 Å². The average Bonchev–Trinajstić information content (AvgIpc) is 2.11. The molecule has 98 valence electrons. The second-order valence-electron chi connectivity index (χ2n) is 6.34. The SMILES string of the molecule is CC(C)CCC(C)(O)CNC(C)CC(C)C. The molecule has 0 rings (SSSR count). The fraction of sp³-hybridized carbons (Fsp3) is 1.00. The number of nitrogens with one attached hydrogen (secondary N) is 1. The minimum atomic E-state index is -0.560. The molecule has 2 nitrogen and oxygen atoms in total. The Labute approximate surface area is 102 Å². The van der Waals surface area contributed by atoms with Crippen LogP contribution >= 0.6 is 0 Å². The summed E-state index contributed by atoms with van der Waals surface area (Å²) in [6, 6.07) is 0.491. The third kappa shape index (κ3) is 9.17. The van der Waals surface area contributed by atoms with E-state index in [-0.39, 0.29) is 0 Å². The van der Waals surface area contributed by atoms with Crippen LogP contribution in [-0.2, 0) is 0 Å². The van der Waals surface area contributed by atoms with Crippen molar-refractivity contribution in [3.63, 3.8) is 0 Å². The van der Waals surface area contributed by atoms with E-state index >= 15 is 0 Å². The molecule has 0 spiro atoms. The Balaban J connectivity index is 3.79. The largest absolute Gasteiger partial charge is 0.389 e. The van der Waals surface area contributed by atoms with E-state index in [1.807, 2.05) is 6.92 Å². The molecule has 0 aliphatic heterocycles. The first-order valence-electron chi connectivity index (χ1n) is 6.68. The minimum absolute atomic E-state index is 0.491. The lowest BCUT2D eigenvalue weighted by Gasteiger charge is -2.27. The first-order valence-corrected chi connectivity index (χ1v) is 6.68. The van der Waals surface area contributed by atoms with Crippen LogP contribution < -0.4 is 5.32 Å². The Morgan fingerprint density at radius 2 is 1.62 bits per heavy atom. The molecule has 0 radical (unpaired) electrons. The van der Waals surface area contributed by atoms with Gasteiger partial charge in [0.05, 0.1) is 5.60 Å². The van der Waals surface area contributed by atoms with Gasteiger partial charge in [-0.2, -0.15) is 0 Å². The normalized spacial score (nSPS) is 17.8. The summed E-state index contributed by atoms with van der Waals surface area (Å²) in [7, 11) is 0. The third-order valence-corrected chi connectivity index (χ3v) is 2.92. The Morgan fingerprint density at radius 3 is 2.06 bits per heavy atom. The van der Waals surface area contributed by atoms with Gasteiger partial charge in [0, 0.05) is 12.6 Å². The number of hydrogen-bond donors (Lipinski definition) is 2. The second kappa shape index (κ2) is 7.29. The maximum absolute atomic E-state index is 10.2. The smallest absolute Gasteiger partial charge is 0.0743 e. The lowest BCUT2D eigenvalue weighted by atomic mass is 9.94. The van der Waals surface area contributed by atoms with Gasteiger partial charge in [-0.3, -0.25) is 0 Å². The van der Waals surface area contributed by atoms with Gasteiger partial charge in [-0.1, -0.05) is 27.7 Å². The fourth-order valence-corrected chi connectivity index (χ4v) is 1.87. The Hall–Kier alpha value is -0.0800. The summed E-state index contributed by atoms with van der Waals surface area (Å²) in [5.74, 6) is 1.38. The molecule has 16 heavy (non-hydrogen) atoms. The minimum Gasteiger partial charge on any atom is -0.389 e. The monoisotopic (exact) mass is 229 g/mol. The van der Waals surface area contributed by atoms with Gasteiger partial charge in [0.25, 0.3) is 0 Å². The van der Waals surface area contributed by atoms with Crippen molar-refractivity contribution >= 4 is 0 Å². The molecular formula is C14H31NO. The zero-order chi connectivity index (χ0) is 12.8. The van der Waals surface area contributed by atoms with Gasteiger partial charge in [0.15, 0.2) is 0 Å². The quantitative estimate of drug-likeness (QED) is 0.670. The van der Waals surface area contributed by atoms with Crippen LogP contribution in [0.5, 0.6) is 0 Å². The summed E-state index contributed by atoms with van der Waals surface area (Å²) >= 11 is 0. The molecule has 0 saturated carbocycles. The molecule has 0 aromatic carbocycles. The van der Waals surface area contributed by atoms with Gasteiger partial charge in [0.2, 0.25) is 0 Å². The van der Waals surface area contributed by atoms with Crippen LogP contribution in [0.2, 0.25) is 0 Å². The van der Waals surface area contributed by atoms with Gasteiger partial charge >= 0.3 is 0 Å². The lowest BCUT2D eigenvalue weighted by Crippen LogP contribution is -2.42. The Bertz CT molecular complexity index is 176. The molecule has 0 fully saturated rings. The van der Waals surface area contributed by atoms with Gasteiger partial charge in [0.1, 0.15) is 0 Å². The number of aliphatic hydroxyl groups is 1. The van der Waals surface area contributed by atoms with Crippen molar-refractivity contribution in [2.24, 2.45) is 11.8 Å². The zero-order valence-electron chi connectivity index (χ0n) is 12.0. The van der Waals surface area contributed by atoms with Crippen molar-refractivity contribution in [3.8, 4) is 0 Å². The molecule has 2 heteroatoms. The molecule has 2 atom stereocenters. The predicted octanol–water partition coefficient (Wildman–Crippen LogP) is 3.20. The van der Waals surface area contributed by atoms with Crippen LogP contribution in [0.25, 0.3) is 0 Å². The van der Waals surface area contributed by atoms with E-state index in [0.717, 1.165) is 12.8 Å². The summed E-state index contributed by atoms with van der Waals surface area (Å²) in [6.07, 6.45) is 3.14. The van der Waals surface area contributed by atoms with E-state index in [2.05, 4.69) is 39.9 Å². The van der Waals surface area contributed by atoms with Crippen molar-refractivity contribution in [1.82, 2.24) is 5.32 Å². The summed E-state index contributed by atoms with van der Waals surface area (Å²) in [5.41, 5.74) is -0.560. The first kappa shape index (κ1) is 15.9. The maximum Gasteiger partial charge on any atom is 0.0743 e. The van der Waals surface area contributed by atoms with Crippen molar-refractivity contribution in [1.29, 1.82) is 0 Å². The molecule has 0 bridgehead atoms. The maximum atomic E-state index is 10.2. The van der Waals surface area contributed by atoms with Crippen LogP contribution in [-0.4, -0.2) is 23.3 Å². The van der Waals surface area contributed by atoms with Crippen LogP contribution in [0.3, 0.4) is 0 Å². The number of rotatable bonds is 8. The highest BCUT2D eigenvalue weighted by Gasteiger charge is 2.21. The highest BCUT2D eigenvalue weighted by molar-refractivity contribution is 4.78. The van der Waals surface area contributed by atoms with Crippen LogP contribution in [0, 0.1) is 11.8 Å². The standard InChI is InChI=1S/C14H31NO/c1-11(2)7-8-14(6,16)10-15-13(5)9-12(3)4/h11-13,15-16H,7-10H2,1-6H3. The van der Waals surface area contributed by atoms with Gasteiger partial charge < -0.3 is 10.4 Å². The summed E-state index contributed by atoms with van der Waals surface area (Å²) in [5, 5.41) is 13.6. The molecule has 0 heterocycles. The first-order chi connectivity index (χ1) is 7.23. The van der Waals surface area contributed by atoms with Gasteiger partial charge in [-0.25, -0.2) is 0 Å². The molecule has 2 unspecified atom stereocenters. The molecule has 0 aromatic rings. The molecule has 2 N–H and O–H groups in total. The van der Waals surface area contributed by atoms with Gasteiger partial charge in [-0.15, -0.1) is 0 Å². The molecule has 0 aromatic heterocycles. The highest BCUT2D eigenvalue weighted by Crippen LogP contribution is 2.16. The molecular weight excluding hydrogens is 198 g/mol. The summed E-state index contributed by atoms with van der Waals surface area (Å²) < 4.78 is 0. The third-order valence-electron chi connectivity index (χ3n) is 2.92. The molecule has 0 saturated heterocycles. The molecule has 0 aliphatic carbocycles. The van der Waals surface area contributed by atoms with Crippen molar-refractivity contribution < 1.29 is 5.11 Å². The van der Waals surface area contributed by atoms with Crippen molar-refractivity contribution in [3.05, 3.63) is 0 Å². The zero-order valence-corrected chi connectivity index (χ0v) is 12.0. The van der Waals surface area contributed by atoms with Crippen LogP contribution in [0.1, 0.15) is 60.8 Å². The fourth-order valence-electron chi connectivity index (χ4n) is 1.87. The second-order valence-corrected chi connectivity index (χ2v) is 6.34. The Kier molecular flexibility index (Phi) is 7.25. The highest BCUT2D eigenvalue weighted by atomic mass is 16.3. The van der Waals surface area contributed by atoms with E-state index in [1.54, 1.807) is 0 Å². The summed E-state index contributed by atoms with van der Waals surface area (Å²) in [6.45, 7) is 13.7. The lowest BCUT2D eigenvalue weighted by molar-refractivity contribution is 0.0424. The Morgan fingerprint density at radius 1 is 1.06 bits per heavy atom.